The average Bonchev–Trinajstić information content (AvgIpc) is 2.78. The topological polar surface area (TPSA) is 29.3 Å². The SMILES string of the molecule is CCC1CCN(c2ccc(Br)cc2CCN)C1. The third kappa shape index (κ3) is 3.02. The Hall–Kier alpha value is -0.540. The van der Waals surface area contributed by atoms with Crippen LogP contribution in [0.4, 0.5) is 5.69 Å². The first-order valence-corrected chi connectivity index (χ1v) is 7.27. The van der Waals surface area contributed by atoms with Gasteiger partial charge in [-0.25, -0.2) is 0 Å². The first kappa shape index (κ1) is 12.9. The van der Waals surface area contributed by atoms with E-state index < -0.39 is 0 Å². The Morgan fingerprint density at radius 2 is 2.29 bits per heavy atom. The van der Waals surface area contributed by atoms with Crippen LogP contribution in [0.15, 0.2) is 22.7 Å². The average molecular weight is 297 g/mol. The molecule has 3 heteroatoms. The Balaban J connectivity index is 2.19. The van der Waals surface area contributed by atoms with Crippen molar-refractivity contribution in [3.63, 3.8) is 0 Å². The van der Waals surface area contributed by atoms with E-state index in [0.717, 1.165) is 16.8 Å². The van der Waals surface area contributed by atoms with E-state index >= 15 is 0 Å². The van der Waals surface area contributed by atoms with Crippen LogP contribution in [0.5, 0.6) is 0 Å². The molecule has 0 aliphatic carbocycles. The van der Waals surface area contributed by atoms with Crippen molar-refractivity contribution in [3.05, 3.63) is 28.2 Å². The van der Waals surface area contributed by atoms with Crippen LogP contribution in [0.2, 0.25) is 0 Å². The molecule has 94 valence electrons. The number of benzene rings is 1. The smallest absolute Gasteiger partial charge is 0.0400 e. The summed E-state index contributed by atoms with van der Waals surface area (Å²) in [5.74, 6) is 0.865. The summed E-state index contributed by atoms with van der Waals surface area (Å²) >= 11 is 3.54. The molecule has 0 aromatic heterocycles. The van der Waals surface area contributed by atoms with Gasteiger partial charge in [-0.05, 0) is 49.1 Å². The number of nitrogens with two attached hydrogens (primary N) is 1. The molecule has 2 rings (SSSR count). The summed E-state index contributed by atoms with van der Waals surface area (Å²) < 4.78 is 1.15. The van der Waals surface area contributed by atoms with E-state index in [4.69, 9.17) is 5.73 Å². The summed E-state index contributed by atoms with van der Waals surface area (Å²) in [5.41, 5.74) is 8.46. The van der Waals surface area contributed by atoms with Crippen molar-refractivity contribution in [1.29, 1.82) is 0 Å². The minimum atomic E-state index is 0.717. The normalized spacial score (nSPS) is 19.9. The third-order valence-corrected chi connectivity index (χ3v) is 4.15. The Labute approximate surface area is 112 Å². The van der Waals surface area contributed by atoms with Crippen molar-refractivity contribution in [2.24, 2.45) is 11.7 Å². The molecule has 2 nitrogen and oxygen atoms in total. The van der Waals surface area contributed by atoms with E-state index in [1.54, 1.807) is 0 Å². The minimum Gasteiger partial charge on any atom is -0.371 e. The maximum atomic E-state index is 5.70. The van der Waals surface area contributed by atoms with Crippen LogP contribution < -0.4 is 10.6 Å². The van der Waals surface area contributed by atoms with Gasteiger partial charge in [0.2, 0.25) is 0 Å². The summed E-state index contributed by atoms with van der Waals surface area (Å²) in [5, 5.41) is 0. The summed E-state index contributed by atoms with van der Waals surface area (Å²) in [7, 11) is 0. The molecule has 1 aliphatic rings. The van der Waals surface area contributed by atoms with E-state index in [9.17, 15) is 0 Å². The van der Waals surface area contributed by atoms with Crippen molar-refractivity contribution in [2.45, 2.75) is 26.2 Å². The molecule has 1 atom stereocenters. The van der Waals surface area contributed by atoms with Crippen LogP contribution in [0.1, 0.15) is 25.3 Å². The molecule has 1 unspecified atom stereocenters. The Bertz CT molecular complexity index is 378. The maximum absolute atomic E-state index is 5.70. The van der Waals surface area contributed by atoms with Gasteiger partial charge in [-0.15, -0.1) is 0 Å². The largest absolute Gasteiger partial charge is 0.371 e. The summed E-state index contributed by atoms with van der Waals surface area (Å²) in [6.07, 6.45) is 3.58. The second kappa shape index (κ2) is 5.87. The van der Waals surface area contributed by atoms with Gasteiger partial charge in [-0.3, -0.25) is 0 Å². The van der Waals surface area contributed by atoms with Crippen LogP contribution in [-0.4, -0.2) is 19.6 Å². The van der Waals surface area contributed by atoms with E-state index in [0.29, 0.717) is 6.54 Å². The van der Waals surface area contributed by atoms with Gasteiger partial charge < -0.3 is 10.6 Å². The summed E-state index contributed by atoms with van der Waals surface area (Å²) in [6, 6.07) is 6.57. The summed E-state index contributed by atoms with van der Waals surface area (Å²) in [6.45, 7) is 5.40. The minimum absolute atomic E-state index is 0.717. The number of hydrogen-bond acceptors (Lipinski definition) is 2. The Kier molecular flexibility index (Phi) is 4.46. The predicted octanol–water partition coefficient (Wildman–Crippen LogP) is 3.19. The fourth-order valence-corrected chi connectivity index (χ4v) is 3.01. The highest BCUT2D eigenvalue weighted by molar-refractivity contribution is 9.10. The number of rotatable bonds is 4. The molecule has 0 bridgehead atoms. The monoisotopic (exact) mass is 296 g/mol. The number of nitrogens with zero attached hydrogens (tertiary/aromatic N) is 1. The second-order valence-corrected chi connectivity index (χ2v) is 5.74. The van der Waals surface area contributed by atoms with Gasteiger partial charge in [-0.2, -0.15) is 0 Å². The van der Waals surface area contributed by atoms with Crippen molar-refractivity contribution in [2.75, 3.05) is 24.5 Å². The fourth-order valence-electron chi connectivity index (χ4n) is 2.60. The molecule has 0 saturated carbocycles. The molecule has 1 saturated heterocycles. The standard InChI is InChI=1S/C14H21BrN2/c1-2-11-6-8-17(10-11)14-4-3-13(15)9-12(14)5-7-16/h3-4,9,11H,2,5-8,10,16H2,1H3. The molecule has 2 N–H and O–H groups in total. The van der Waals surface area contributed by atoms with Gasteiger partial charge in [0.05, 0.1) is 0 Å². The zero-order valence-corrected chi connectivity index (χ0v) is 12.0. The molecule has 0 radical (unpaired) electrons. The van der Waals surface area contributed by atoms with Crippen LogP contribution in [-0.2, 0) is 6.42 Å². The molecule has 1 fully saturated rings. The highest BCUT2D eigenvalue weighted by Crippen LogP contribution is 2.30. The van der Waals surface area contributed by atoms with Crippen LogP contribution >= 0.6 is 15.9 Å². The number of hydrogen-bond donors (Lipinski definition) is 1. The van der Waals surface area contributed by atoms with E-state index in [2.05, 4.69) is 46.0 Å². The Morgan fingerprint density at radius 3 is 2.94 bits per heavy atom. The van der Waals surface area contributed by atoms with Gasteiger partial charge in [0.15, 0.2) is 0 Å². The first-order valence-electron chi connectivity index (χ1n) is 6.48. The van der Waals surface area contributed by atoms with Gasteiger partial charge in [0.1, 0.15) is 0 Å². The van der Waals surface area contributed by atoms with Crippen LogP contribution in [0, 0.1) is 5.92 Å². The molecule has 1 aliphatic heterocycles. The van der Waals surface area contributed by atoms with Crippen molar-refractivity contribution >= 4 is 21.6 Å². The van der Waals surface area contributed by atoms with E-state index in [1.165, 1.54) is 37.2 Å². The second-order valence-electron chi connectivity index (χ2n) is 4.82. The molecule has 1 aromatic carbocycles. The maximum Gasteiger partial charge on any atom is 0.0400 e. The molecule has 1 aromatic rings. The number of anilines is 1. The predicted molar refractivity (Wildman–Crippen MR) is 77.5 cm³/mol. The van der Waals surface area contributed by atoms with Gasteiger partial charge in [0.25, 0.3) is 0 Å². The molecule has 0 spiro atoms. The number of halogens is 1. The molecule has 0 amide bonds. The van der Waals surface area contributed by atoms with E-state index in [1.807, 2.05) is 0 Å². The Morgan fingerprint density at radius 1 is 1.47 bits per heavy atom. The van der Waals surface area contributed by atoms with Gasteiger partial charge in [0, 0.05) is 23.2 Å². The molecular formula is C14H21BrN2. The van der Waals surface area contributed by atoms with Gasteiger partial charge >= 0.3 is 0 Å². The molecular weight excluding hydrogens is 276 g/mol. The highest BCUT2D eigenvalue weighted by Gasteiger charge is 2.22. The summed E-state index contributed by atoms with van der Waals surface area (Å²) in [4.78, 5) is 2.52. The lowest BCUT2D eigenvalue weighted by Crippen LogP contribution is -2.21. The van der Waals surface area contributed by atoms with Crippen molar-refractivity contribution in [1.82, 2.24) is 0 Å². The lowest BCUT2D eigenvalue weighted by Gasteiger charge is -2.22. The lowest BCUT2D eigenvalue weighted by atomic mass is 10.1. The van der Waals surface area contributed by atoms with Gasteiger partial charge in [-0.1, -0.05) is 29.3 Å². The van der Waals surface area contributed by atoms with Crippen molar-refractivity contribution in [3.8, 4) is 0 Å². The fraction of sp³-hybridized carbons (Fsp3) is 0.571. The third-order valence-electron chi connectivity index (χ3n) is 3.66. The lowest BCUT2D eigenvalue weighted by molar-refractivity contribution is 0.569. The molecule has 1 heterocycles. The highest BCUT2D eigenvalue weighted by atomic mass is 79.9. The molecule has 17 heavy (non-hydrogen) atoms. The van der Waals surface area contributed by atoms with E-state index in [-0.39, 0.29) is 0 Å². The van der Waals surface area contributed by atoms with Crippen LogP contribution in [0.3, 0.4) is 0 Å². The zero-order valence-electron chi connectivity index (χ0n) is 10.5. The van der Waals surface area contributed by atoms with Crippen LogP contribution in [0.25, 0.3) is 0 Å². The first-order chi connectivity index (χ1) is 8.24. The van der Waals surface area contributed by atoms with Crippen molar-refractivity contribution < 1.29 is 0 Å². The quantitative estimate of drug-likeness (QED) is 0.925. The zero-order chi connectivity index (χ0) is 12.3.